The van der Waals surface area contributed by atoms with Gasteiger partial charge in [0.1, 0.15) is 11.5 Å². The van der Waals surface area contributed by atoms with Crippen LogP contribution in [-0.2, 0) is 6.18 Å². The monoisotopic (exact) mass is 399 g/mol. The number of thiocarbonyl (C=S) groups is 1. The van der Waals surface area contributed by atoms with E-state index in [4.69, 9.17) is 21.7 Å². The Morgan fingerprint density at radius 2 is 1.52 bits per heavy atom. The summed E-state index contributed by atoms with van der Waals surface area (Å²) in [6.45, 7) is 0. The van der Waals surface area contributed by atoms with Gasteiger partial charge < -0.3 is 14.8 Å². The number of alkyl halides is 3. The van der Waals surface area contributed by atoms with Crippen LogP contribution in [0.25, 0.3) is 0 Å². The van der Waals surface area contributed by atoms with Crippen molar-refractivity contribution in [1.82, 2.24) is 10.9 Å². The average molecular weight is 399 g/mol. The molecule has 0 saturated heterocycles. The third kappa shape index (κ3) is 5.74. The number of ether oxygens (including phenoxy) is 2. The predicted molar refractivity (Wildman–Crippen MR) is 97.8 cm³/mol. The van der Waals surface area contributed by atoms with E-state index in [0.717, 1.165) is 12.1 Å². The maximum Gasteiger partial charge on any atom is 0.416 e. The molecule has 2 aromatic rings. The van der Waals surface area contributed by atoms with Crippen molar-refractivity contribution in [2.45, 2.75) is 6.18 Å². The van der Waals surface area contributed by atoms with Crippen LogP contribution in [0.15, 0.2) is 42.5 Å². The standard InChI is InChI=1S/C17H16F3N3O3S/c1-25-13-7-10(8-14(9-13)26-2)15(24)22-23-16(27)21-12-5-3-11(4-6-12)17(18,19)20/h3-9H,1-2H3,(H,22,24)(H2,21,23,27). The fourth-order valence-electron chi connectivity index (χ4n) is 2.03. The minimum Gasteiger partial charge on any atom is -0.497 e. The van der Waals surface area contributed by atoms with Crippen molar-refractivity contribution in [1.29, 1.82) is 0 Å². The maximum atomic E-state index is 12.5. The highest BCUT2D eigenvalue weighted by atomic mass is 32.1. The van der Waals surface area contributed by atoms with Gasteiger partial charge in [-0.2, -0.15) is 13.2 Å². The van der Waals surface area contributed by atoms with Crippen molar-refractivity contribution in [2.24, 2.45) is 0 Å². The van der Waals surface area contributed by atoms with E-state index in [0.29, 0.717) is 17.2 Å². The summed E-state index contributed by atoms with van der Waals surface area (Å²) in [5.74, 6) is 0.360. The number of benzene rings is 2. The van der Waals surface area contributed by atoms with E-state index in [1.54, 1.807) is 6.07 Å². The molecular weight excluding hydrogens is 383 g/mol. The SMILES string of the molecule is COc1cc(OC)cc(C(=O)NNC(=S)Nc2ccc(C(F)(F)F)cc2)c1. The van der Waals surface area contributed by atoms with Gasteiger partial charge in [-0.05, 0) is 48.6 Å². The number of halogens is 3. The van der Waals surface area contributed by atoms with E-state index in [1.165, 1.54) is 38.5 Å². The molecule has 0 bridgehead atoms. The molecule has 27 heavy (non-hydrogen) atoms. The lowest BCUT2D eigenvalue weighted by Gasteiger charge is -2.13. The van der Waals surface area contributed by atoms with Crippen LogP contribution in [-0.4, -0.2) is 25.2 Å². The van der Waals surface area contributed by atoms with Gasteiger partial charge in [-0.3, -0.25) is 15.6 Å². The number of nitrogens with one attached hydrogen (secondary N) is 3. The molecule has 0 aromatic heterocycles. The first kappa shape index (κ1) is 20.3. The van der Waals surface area contributed by atoms with Gasteiger partial charge in [-0.1, -0.05) is 0 Å². The number of anilines is 1. The number of hydrogen-bond donors (Lipinski definition) is 3. The summed E-state index contributed by atoms with van der Waals surface area (Å²) in [5.41, 5.74) is 4.66. The fourth-order valence-corrected chi connectivity index (χ4v) is 2.20. The zero-order chi connectivity index (χ0) is 20.0. The topological polar surface area (TPSA) is 71.6 Å². The molecule has 0 aliphatic carbocycles. The molecule has 0 heterocycles. The average Bonchev–Trinajstić information content (AvgIpc) is 2.65. The third-order valence-electron chi connectivity index (χ3n) is 3.37. The lowest BCUT2D eigenvalue weighted by Crippen LogP contribution is -2.43. The Morgan fingerprint density at radius 1 is 0.963 bits per heavy atom. The van der Waals surface area contributed by atoms with Crippen molar-refractivity contribution >= 4 is 28.9 Å². The Kier molecular flexibility index (Phi) is 6.45. The van der Waals surface area contributed by atoms with Crippen molar-refractivity contribution in [2.75, 3.05) is 19.5 Å². The van der Waals surface area contributed by atoms with E-state index >= 15 is 0 Å². The Bertz CT molecular complexity index is 804. The van der Waals surface area contributed by atoms with Gasteiger partial charge in [0.25, 0.3) is 5.91 Å². The van der Waals surface area contributed by atoms with Gasteiger partial charge >= 0.3 is 6.18 Å². The summed E-state index contributed by atoms with van der Waals surface area (Å²) in [7, 11) is 2.91. The summed E-state index contributed by atoms with van der Waals surface area (Å²) in [6, 6.07) is 8.92. The Hall–Kier alpha value is -3.01. The third-order valence-corrected chi connectivity index (χ3v) is 3.58. The van der Waals surface area contributed by atoms with E-state index in [9.17, 15) is 18.0 Å². The molecule has 0 aliphatic rings. The molecule has 0 radical (unpaired) electrons. The highest BCUT2D eigenvalue weighted by molar-refractivity contribution is 7.80. The van der Waals surface area contributed by atoms with Crippen LogP contribution < -0.4 is 25.6 Å². The molecule has 2 rings (SSSR count). The van der Waals surface area contributed by atoms with Crippen LogP contribution in [0.1, 0.15) is 15.9 Å². The Labute approximate surface area is 158 Å². The quantitative estimate of drug-likeness (QED) is 0.541. The van der Waals surface area contributed by atoms with Crippen molar-refractivity contribution in [3.05, 3.63) is 53.6 Å². The van der Waals surface area contributed by atoms with E-state index in [-0.39, 0.29) is 10.7 Å². The van der Waals surface area contributed by atoms with E-state index in [2.05, 4.69) is 16.2 Å². The van der Waals surface area contributed by atoms with Gasteiger partial charge in [0.15, 0.2) is 5.11 Å². The van der Waals surface area contributed by atoms with Crippen LogP contribution in [0.5, 0.6) is 11.5 Å². The lowest BCUT2D eigenvalue weighted by atomic mass is 10.2. The summed E-state index contributed by atoms with van der Waals surface area (Å²) in [4.78, 5) is 12.2. The number of rotatable bonds is 4. The number of methoxy groups -OCH3 is 2. The van der Waals surface area contributed by atoms with Crippen LogP contribution in [0.3, 0.4) is 0 Å². The van der Waals surface area contributed by atoms with Crippen LogP contribution in [0.2, 0.25) is 0 Å². The van der Waals surface area contributed by atoms with Crippen LogP contribution in [0, 0.1) is 0 Å². The van der Waals surface area contributed by atoms with Crippen LogP contribution in [0.4, 0.5) is 18.9 Å². The van der Waals surface area contributed by atoms with Crippen LogP contribution >= 0.6 is 12.2 Å². The number of hydrogen-bond acceptors (Lipinski definition) is 4. The summed E-state index contributed by atoms with van der Waals surface area (Å²) >= 11 is 5.00. The van der Waals surface area contributed by atoms with Crippen molar-refractivity contribution < 1.29 is 27.4 Å². The molecular formula is C17H16F3N3O3S. The van der Waals surface area contributed by atoms with Crippen molar-refractivity contribution in [3.8, 4) is 11.5 Å². The molecule has 6 nitrogen and oxygen atoms in total. The molecule has 0 atom stereocenters. The van der Waals surface area contributed by atoms with Crippen molar-refractivity contribution in [3.63, 3.8) is 0 Å². The first-order valence-corrected chi connectivity index (χ1v) is 7.91. The summed E-state index contributed by atoms with van der Waals surface area (Å²) < 4.78 is 47.8. The zero-order valence-corrected chi connectivity index (χ0v) is 15.1. The first-order chi connectivity index (χ1) is 12.7. The van der Waals surface area contributed by atoms with E-state index in [1.807, 2.05) is 0 Å². The highest BCUT2D eigenvalue weighted by Crippen LogP contribution is 2.29. The highest BCUT2D eigenvalue weighted by Gasteiger charge is 2.29. The van der Waals surface area contributed by atoms with E-state index < -0.39 is 17.6 Å². The largest absolute Gasteiger partial charge is 0.497 e. The molecule has 2 aromatic carbocycles. The predicted octanol–water partition coefficient (Wildman–Crippen LogP) is 3.35. The second-order valence-corrected chi connectivity index (χ2v) is 5.62. The number of carbonyl (C=O) groups is 1. The van der Waals surface area contributed by atoms with Gasteiger partial charge in [0, 0.05) is 17.3 Å². The normalized spacial score (nSPS) is 10.7. The Balaban J connectivity index is 1.94. The Morgan fingerprint density at radius 3 is 2.00 bits per heavy atom. The van der Waals surface area contributed by atoms with Gasteiger partial charge in [0.2, 0.25) is 0 Å². The molecule has 144 valence electrons. The minimum atomic E-state index is -4.41. The zero-order valence-electron chi connectivity index (χ0n) is 14.3. The first-order valence-electron chi connectivity index (χ1n) is 7.50. The number of amides is 1. The smallest absolute Gasteiger partial charge is 0.416 e. The van der Waals surface area contributed by atoms with Gasteiger partial charge in [-0.15, -0.1) is 0 Å². The molecule has 0 spiro atoms. The summed E-state index contributed by atoms with van der Waals surface area (Å²) in [5, 5.41) is 2.66. The molecule has 0 unspecified atom stereocenters. The molecule has 0 saturated carbocycles. The molecule has 1 amide bonds. The molecule has 0 fully saturated rings. The maximum absolute atomic E-state index is 12.5. The second kappa shape index (κ2) is 8.58. The number of hydrazine groups is 1. The van der Waals surface area contributed by atoms with Gasteiger partial charge in [-0.25, -0.2) is 0 Å². The fraction of sp³-hybridized carbons (Fsp3) is 0.176. The lowest BCUT2D eigenvalue weighted by molar-refractivity contribution is -0.137. The molecule has 0 aliphatic heterocycles. The van der Waals surface area contributed by atoms with Gasteiger partial charge in [0.05, 0.1) is 19.8 Å². The number of carbonyl (C=O) groups excluding carboxylic acids is 1. The molecule has 3 N–H and O–H groups in total. The minimum absolute atomic E-state index is 0.00188. The second-order valence-electron chi connectivity index (χ2n) is 5.21. The summed E-state index contributed by atoms with van der Waals surface area (Å²) in [6.07, 6.45) is -4.41. The molecule has 10 heteroatoms.